The van der Waals surface area contributed by atoms with Gasteiger partial charge in [0.2, 0.25) is 0 Å². The first-order chi connectivity index (χ1) is 13.2. The quantitative estimate of drug-likeness (QED) is 0.796. The van der Waals surface area contributed by atoms with Crippen LogP contribution in [0.25, 0.3) is 0 Å². The predicted molar refractivity (Wildman–Crippen MR) is 105 cm³/mol. The number of carbonyl (C=O) groups is 2. The van der Waals surface area contributed by atoms with Gasteiger partial charge in [0, 0.05) is 18.7 Å². The first-order valence-corrected chi connectivity index (χ1v) is 9.42. The molecular formula is C22H26N2O3. The third kappa shape index (κ3) is 5.41. The predicted octanol–water partition coefficient (Wildman–Crippen LogP) is 3.39. The Kier molecular flexibility index (Phi) is 6.60. The van der Waals surface area contributed by atoms with Crippen molar-refractivity contribution >= 4 is 11.9 Å². The normalized spacial score (nSPS) is 14.6. The summed E-state index contributed by atoms with van der Waals surface area (Å²) < 4.78 is 4.66. The Balaban J connectivity index is 1.50. The van der Waals surface area contributed by atoms with Gasteiger partial charge < -0.3 is 10.1 Å². The summed E-state index contributed by atoms with van der Waals surface area (Å²) in [6.07, 6.45) is 3.94. The summed E-state index contributed by atoms with van der Waals surface area (Å²) in [7, 11) is 1.33. The molecule has 27 heavy (non-hydrogen) atoms. The van der Waals surface area contributed by atoms with E-state index in [0.717, 1.165) is 12.1 Å². The van der Waals surface area contributed by atoms with E-state index in [-0.39, 0.29) is 5.91 Å². The molecule has 1 aliphatic heterocycles. The fourth-order valence-electron chi connectivity index (χ4n) is 3.30. The van der Waals surface area contributed by atoms with Gasteiger partial charge in [-0.1, -0.05) is 30.7 Å². The van der Waals surface area contributed by atoms with Gasteiger partial charge in [0.25, 0.3) is 5.91 Å². The maximum Gasteiger partial charge on any atom is 0.337 e. The fraction of sp³-hybridized carbons (Fsp3) is 0.364. The highest BCUT2D eigenvalue weighted by atomic mass is 16.5. The maximum atomic E-state index is 12.3. The second kappa shape index (κ2) is 9.33. The van der Waals surface area contributed by atoms with Crippen molar-refractivity contribution < 1.29 is 14.3 Å². The van der Waals surface area contributed by atoms with E-state index >= 15 is 0 Å². The molecule has 0 spiro atoms. The molecule has 1 N–H and O–H groups in total. The molecular weight excluding hydrogens is 340 g/mol. The average molecular weight is 366 g/mol. The molecule has 1 amide bonds. The molecule has 2 aromatic carbocycles. The number of hydrogen-bond acceptors (Lipinski definition) is 4. The number of benzene rings is 2. The SMILES string of the molecule is COC(=O)c1ccc(C(=O)NCc2ccc(CN3CCCCC3)cc2)cc1. The minimum absolute atomic E-state index is 0.163. The third-order valence-electron chi connectivity index (χ3n) is 4.90. The van der Waals surface area contributed by atoms with Gasteiger partial charge in [-0.25, -0.2) is 4.79 Å². The van der Waals surface area contributed by atoms with E-state index < -0.39 is 5.97 Å². The van der Waals surface area contributed by atoms with E-state index in [0.29, 0.717) is 17.7 Å². The number of nitrogens with one attached hydrogen (secondary N) is 1. The minimum atomic E-state index is -0.411. The molecule has 2 aromatic rings. The zero-order valence-corrected chi connectivity index (χ0v) is 15.7. The summed E-state index contributed by atoms with van der Waals surface area (Å²) in [6.45, 7) is 3.85. The molecule has 5 nitrogen and oxygen atoms in total. The first kappa shape index (κ1) is 19.1. The number of rotatable bonds is 6. The Morgan fingerprint density at radius 2 is 1.48 bits per heavy atom. The lowest BCUT2D eigenvalue weighted by atomic mass is 10.1. The Morgan fingerprint density at radius 1 is 0.889 bits per heavy atom. The van der Waals surface area contributed by atoms with Crippen LogP contribution in [0.5, 0.6) is 0 Å². The van der Waals surface area contributed by atoms with Crippen molar-refractivity contribution in [1.82, 2.24) is 10.2 Å². The number of carbonyl (C=O) groups excluding carboxylic acids is 2. The number of nitrogens with zero attached hydrogens (tertiary/aromatic N) is 1. The van der Waals surface area contributed by atoms with Gasteiger partial charge in [-0.3, -0.25) is 9.69 Å². The van der Waals surface area contributed by atoms with Gasteiger partial charge in [0.1, 0.15) is 0 Å². The van der Waals surface area contributed by atoms with Crippen molar-refractivity contribution in [2.45, 2.75) is 32.4 Å². The van der Waals surface area contributed by atoms with Crippen molar-refractivity contribution in [3.8, 4) is 0 Å². The van der Waals surface area contributed by atoms with Gasteiger partial charge in [-0.15, -0.1) is 0 Å². The van der Waals surface area contributed by atoms with Gasteiger partial charge in [0.05, 0.1) is 12.7 Å². The molecule has 1 aliphatic rings. The summed E-state index contributed by atoms with van der Waals surface area (Å²) in [5.41, 5.74) is 3.32. The van der Waals surface area contributed by atoms with E-state index in [1.54, 1.807) is 24.3 Å². The zero-order chi connectivity index (χ0) is 19.1. The number of methoxy groups -OCH3 is 1. The number of amides is 1. The highest BCUT2D eigenvalue weighted by molar-refractivity contribution is 5.96. The molecule has 0 radical (unpaired) electrons. The Morgan fingerprint density at radius 3 is 2.11 bits per heavy atom. The molecule has 1 saturated heterocycles. The monoisotopic (exact) mass is 366 g/mol. The molecule has 0 aliphatic carbocycles. The second-order valence-corrected chi connectivity index (χ2v) is 6.90. The highest BCUT2D eigenvalue weighted by Gasteiger charge is 2.11. The topological polar surface area (TPSA) is 58.6 Å². The molecule has 0 atom stereocenters. The molecule has 1 fully saturated rings. The molecule has 5 heteroatoms. The van der Waals surface area contributed by atoms with E-state index in [2.05, 4.69) is 39.2 Å². The number of likely N-dealkylation sites (tertiary alicyclic amines) is 1. The summed E-state index contributed by atoms with van der Waals surface area (Å²) in [5, 5.41) is 2.91. The summed E-state index contributed by atoms with van der Waals surface area (Å²) in [6, 6.07) is 14.9. The second-order valence-electron chi connectivity index (χ2n) is 6.90. The zero-order valence-electron chi connectivity index (χ0n) is 15.7. The largest absolute Gasteiger partial charge is 0.465 e. The lowest BCUT2D eigenvalue weighted by Gasteiger charge is -2.26. The Bertz CT molecular complexity index is 763. The van der Waals surface area contributed by atoms with E-state index in [1.165, 1.54) is 45.0 Å². The van der Waals surface area contributed by atoms with E-state index in [1.807, 2.05) is 0 Å². The van der Waals surface area contributed by atoms with Crippen LogP contribution in [0, 0.1) is 0 Å². The molecule has 0 saturated carbocycles. The van der Waals surface area contributed by atoms with Gasteiger partial charge >= 0.3 is 5.97 Å². The van der Waals surface area contributed by atoms with Gasteiger partial charge in [-0.05, 0) is 61.3 Å². The number of hydrogen-bond donors (Lipinski definition) is 1. The average Bonchev–Trinajstić information content (AvgIpc) is 2.73. The van der Waals surface area contributed by atoms with Crippen LogP contribution in [-0.2, 0) is 17.8 Å². The van der Waals surface area contributed by atoms with Crippen LogP contribution < -0.4 is 5.32 Å². The number of piperidine rings is 1. The lowest BCUT2D eigenvalue weighted by Crippen LogP contribution is -2.29. The van der Waals surface area contributed by atoms with Crippen LogP contribution in [0.1, 0.15) is 51.1 Å². The Labute approximate surface area is 160 Å². The Hall–Kier alpha value is -2.66. The fourth-order valence-corrected chi connectivity index (χ4v) is 3.30. The van der Waals surface area contributed by atoms with E-state index in [4.69, 9.17) is 0 Å². The molecule has 142 valence electrons. The van der Waals surface area contributed by atoms with Crippen molar-refractivity contribution in [3.05, 3.63) is 70.8 Å². The summed E-state index contributed by atoms with van der Waals surface area (Å²) in [5.74, 6) is -0.574. The van der Waals surface area contributed by atoms with Crippen LogP contribution >= 0.6 is 0 Å². The standard InChI is InChI=1S/C22H26N2O3/c1-27-22(26)20-11-9-19(10-12-20)21(25)23-15-17-5-7-18(8-6-17)16-24-13-3-2-4-14-24/h5-12H,2-4,13-16H2,1H3,(H,23,25). The molecule has 0 bridgehead atoms. The van der Waals surface area contributed by atoms with Crippen molar-refractivity contribution in [3.63, 3.8) is 0 Å². The van der Waals surface area contributed by atoms with Gasteiger partial charge in [0.15, 0.2) is 0 Å². The highest BCUT2D eigenvalue weighted by Crippen LogP contribution is 2.14. The van der Waals surface area contributed by atoms with Crippen molar-refractivity contribution in [2.75, 3.05) is 20.2 Å². The minimum Gasteiger partial charge on any atom is -0.465 e. The van der Waals surface area contributed by atoms with Crippen molar-refractivity contribution in [1.29, 1.82) is 0 Å². The van der Waals surface area contributed by atoms with Crippen molar-refractivity contribution in [2.24, 2.45) is 0 Å². The molecule has 0 unspecified atom stereocenters. The van der Waals surface area contributed by atoms with Crippen LogP contribution in [-0.4, -0.2) is 37.0 Å². The molecule has 0 aromatic heterocycles. The molecule has 1 heterocycles. The van der Waals surface area contributed by atoms with Crippen LogP contribution in [0.15, 0.2) is 48.5 Å². The maximum absolute atomic E-state index is 12.3. The third-order valence-corrected chi connectivity index (χ3v) is 4.90. The first-order valence-electron chi connectivity index (χ1n) is 9.42. The number of ether oxygens (including phenoxy) is 1. The van der Waals surface area contributed by atoms with Gasteiger partial charge in [-0.2, -0.15) is 0 Å². The van der Waals surface area contributed by atoms with Crippen LogP contribution in [0.4, 0.5) is 0 Å². The summed E-state index contributed by atoms with van der Waals surface area (Å²) >= 11 is 0. The van der Waals surface area contributed by atoms with Crippen LogP contribution in [0.3, 0.4) is 0 Å². The molecule has 3 rings (SSSR count). The smallest absolute Gasteiger partial charge is 0.337 e. The summed E-state index contributed by atoms with van der Waals surface area (Å²) in [4.78, 5) is 26.2. The lowest BCUT2D eigenvalue weighted by molar-refractivity contribution is 0.0600. The van der Waals surface area contributed by atoms with Crippen LogP contribution in [0.2, 0.25) is 0 Å². The number of esters is 1. The van der Waals surface area contributed by atoms with E-state index in [9.17, 15) is 9.59 Å².